The molecule has 0 aromatic rings. The van der Waals surface area contributed by atoms with E-state index in [0.717, 1.165) is 0 Å². The van der Waals surface area contributed by atoms with E-state index in [1.807, 2.05) is 0 Å². The van der Waals surface area contributed by atoms with Gasteiger partial charge in [-0.2, -0.15) is 0 Å². The van der Waals surface area contributed by atoms with Crippen molar-refractivity contribution < 1.29 is 4.74 Å². The Morgan fingerprint density at radius 3 is 2.50 bits per heavy atom. The second kappa shape index (κ2) is 4.19. The molecule has 0 amide bonds. The fourth-order valence-corrected chi connectivity index (χ4v) is 0.327. The molecule has 0 radical (unpaired) electrons. The van der Waals surface area contributed by atoms with Crippen LogP contribution in [0.3, 0.4) is 0 Å². The Morgan fingerprint density at radius 2 is 2.12 bits per heavy atom. The summed E-state index contributed by atoms with van der Waals surface area (Å²) in [5.74, 6) is 0.676. The zero-order valence-electron chi connectivity index (χ0n) is 4.89. The van der Waals surface area contributed by atoms with Gasteiger partial charge in [-0.3, -0.25) is 0 Å². The first-order valence-electron chi connectivity index (χ1n) is 2.37. The van der Waals surface area contributed by atoms with Crippen molar-refractivity contribution in [2.24, 2.45) is 0 Å². The van der Waals surface area contributed by atoms with E-state index in [2.05, 4.69) is 19.7 Å². The number of hydrogen-bond acceptors (Lipinski definition) is 1. The smallest absolute Gasteiger partial charge is 0.0997 e. The Bertz CT molecular complexity index is 91.0. The zero-order valence-corrected chi connectivity index (χ0v) is 4.89. The van der Waals surface area contributed by atoms with Crippen LogP contribution in [0.4, 0.5) is 0 Å². The van der Waals surface area contributed by atoms with Crippen LogP contribution in [-0.2, 0) is 4.74 Å². The lowest BCUT2D eigenvalue weighted by Crippen LogP contribution is -1.77. The molecule has 0 spiro atoms. The van der Waals surface area contributed by atoms with Crippen molar-refractivity contribution in [3.05, 3.63) is 37.8 Å². The van der Waals surface area contributed by atoms with Gasteiger partial charge in [0.05, 0.1) is 12.0 Å². The SMILES string of the molecule is C=CCC(=C)OC=C. The molecule has 0 bridgehead atoms. The third kappa shape index (κ3) is 3.22. The maximum absolute atomic E-state index is 4.78. The maximum Gasteiger partial charge on any atom is 0.0997 e. The average molecular weight is 110 g/mol. The van der Waals surface area contributed by atoms with Gasteiger partial charge in [0.25, 0.3) is 0 Å². The molecule has 0 aliphatic carbocycles. The quantitative estimate of drug-likeness (QED) is 0.398. The topological polar surface area (TPSA) is 9.23 Å². The Labute approximate surface area is 50.0 Å². The standard InChI is InChI=1S/C7H10O/c1-4-6-7(3)8-5-2/h4-5H,1-3,6H2. The van der Waals surface area contributed by atoms with Crippen LogP contribution in [-0.4, -0.2) is 0 Å². The molecule has 44 valence electrons. The van der Waals surface area contributed by atoms with Gasteiger partial charge in [0, 0.05) is 6.42 Å². The average Bonchev–Trinajstić information content (AvgIpc) is 1.68. The van der Waals surface area contributed by atoms with Gasteiger partial charge in [-0.05, 0) is 0 Å². The highest BCUT2D eigenvalue weighted by molar-refractivity contribution is 4.91. The molecule has 0 rings (SSSR count). The second-order valence-electron chi connectivity index (χ2n) is 1.32. The summed E-state index contributed by atoms with van der Waals surface area (Å²) in [5.41, 5.74) is 0. The number of rotatable bonds is 4. The van der Waals surface area contributed by atoms with Crippen molar-refractivity contribution in [3.63, 3.8) is 0 Å². The number of ether oxygens (including phenoxy) is 1. The molecule has 0 aliphatic rings. The lowest BCUT2D eigenvalue weighted by atomic mass is 10.4. The summed E-state index contributed by atoms with van der Waals surface area (Å²) >= 11 is 0. The van der Waals surface area contributed by atoms with Crippen molar-refractivity contribution >= 4 is 0 Å². The van der Waals surface area contributed by atoms with Crippen LogP contribution in [0.25, 0.3) is 0 Å². The van der Waals surface area contributed by atoms with Gasteiger partial charge in [0.1, 0.15) is 0 Å². The van der Waals surface area contributed by atoms with Gasteiger partial charge in [0.15, 0.2) is 0 Å². The summed E-state index contributed by atoms with van der Waals surface area (Å²) in [7, 11) is 0. The van der Waals surface area contributed by atoms with Crippen LogP contribution in [0.1, 0.15) is 6.42 Å². The highest BCUT2D eigenvalue weighted by Gasteiger charge is 1.83. The summed E-state index contributed by atoms with van der Waals surface area (Å²) in [4.78, 5) is 0. The third-order valence-electron chi connectivity index (χ3n) is 0.622. The molecule has 1 heteroatoms. The van der Waals surface area contributed by atoms with Gasteiger partial charge >= 0.3 is 0 Å². The van der Waals surface area contributed by atoms with E-state index in [-0.39, 0.29) is 0 Å². The van der Waals surface area contributed by atoms with Gasteiger partial charge in [0.2, 0.25) is 0 Å². The predicted octanol–water partition coefficient (Wildman–Crippen LogP) is 2.24. The molecule has 0 saturated heterocycles. The van der Waals surface area contributed by atoms with Crippen molar-refractivity contribution in [3.8, 4) is 0 Å². The van der Waals surface area contributed by atoms with Gasteiger partial charge in [-0.25, -0.2) is 0 Å². The molecule has 0 unspecified atom stereocenters. The van der Waals surface area contributed by atoms with E-state index in [0.29, 0.717) is 12.2 Å². The van der Waals surface area contributed by atoms with Crippen LogP contribution in [0.5, 0.6) is 0 Å². The summed E-state index contributed by atoms with van der Waals surface area (Å²) in [6.07, 6.45) is 3.77. The van der Waals surface area contributed by atoms with E-state index < -0.39 is 0 Å². The molecule has 8 heavy (non-hydrogen) atoms. The van der Waals surface area contributed by atoms with Crippen molar-refractivity contribution in [1.29, 1.82) is 0 Å². The first-order valence-corrected chi connectivity index (χ1v) is 2.37. The van der Waals surface area contributed by atoms with Crippen molar-refractivity contribution in [2.75, 3.05) is 0 Å². The zero-order chi connectivity index (χ0) is 6.41. The summed E-state index contributed by atoms with van der Waals surface area (Å²) in [6, 6.07) is 0. The number of hydrogen-bond donors (Lipinski definition) is 0. The van der Waals surface area contributed by atoms with E-state index in [1.54, 1.807) is 6.08 Å². The Morgan fingerprint density at radius 1 is 1.50 bits per heavy atom. The lowest BCUT2D eigenvalue weighted by molar-refractivity contribution is 0.347. The van der Waals surface area contributed by atoms with Crippen LogP contribution in [0.2, 0.25) is 0 Å². The van der Waals surface area contributed by atoms with E-state index in [4.69, 9.17) is 4.74 Å². The minimum atomic E-state index is 0.676. The summed E-state index contributed by atoms with van der Waals surface area (Å²) < 4.78 is 4.78. The highest BCUT2D eigenvalue weighted by Crippen LogP contribution is 1.98. The van der Waals surface area contributed by atoms with Crippen LogP contribution >= 0.6 is 0 Å². The van der Waals surface area contributed by atoms with E-state index in [9.17, 15) is 0 Å². The lowest BCUT2D eigenvalue weighted by Gasteiger charge is -1.96. The Hall–Kier alpha value is -0.980. The fraction of sp³-hybridized carbons (Fsp3) is 0.143. The van der Waals surface area contributed by atoms with Gasteiger partial charge in [-0.15, -0.1) is 6.58 Å². The van der Waals surface area contributed by atoms with Crippen LogP contribution in [0, 0.1) is 0 Å². The molecule has 0 aromatic carbocycles. The second-order valence-corrected chi connectivity index (χ2v) is 1.32. The minimum absolute atomic E-state index is 0.676. The predicted molar refractivity (Wildman–Crippen MR) is 35.2 cm³/mol. The maximum atomic E-state index is 4.78. The first kappa shape index (κ1) is 7.02. The summed E-state index contributed by atoms with van der Waals surface area (Å²) in [6.45, 7) is 10.4. The van der Waals surface area contributed by atoms with Gasteiger partial charge < -0.3 is 4.74 Å². The molecule has 0 saturated carbocycles. The van der Waals surface area contributed by atoms with Gasteiger partial charge in [-0.1, -0.05) is 19.2 Å². The Balaban J connectivity index is 3.32. The van der Waals surface area contributed by atoms with Crippen LogP contribution in [0.15, 0.2) is 37.8 Å². The fourth-order valence-electron chi connectivity index (χ4n) is 0.327. The largest absolute Gasteiger partial charge is 0.470 e. The van der Waals surface area contributed by atoms with E-state index in [1.165, 1.54) is 6.26 Å². The Kier molecular flexibility index (Phi) is 3.67. The molecule has 1 nitrogen and oxygen atoms in total. The van der Waals surface area contributed by atoms with Crippen molar-refractivity contribution in [1.82, 2.24) is 0 Å². The minimum Gasteiger partial charge on any atom is -0.470 e. The molecule has 0 atom stereocenters. The molecule has 0 aromatic heterocycles. The normalized spacial score (nSPS) is 7.50. The molecule has 0 aliphatic heterocycles. The molecular formula is C7H10O. The third-order valence-corrected chi connectivity index (χ3v) is 0.622. The summed E-state index contributed by atoms with van der Waals surface area (Å²) in [5, 5.41) is 0. The monoisotopic (exact) mass is 110 g/mol. The molecule has 0 fully saturated rings. The molecular weight excluding hydrogens is 100 g/mol. The van der Waals surface area contributed by atoms with Crippen LogP contribution < -0.4 is 0 Å². The molecule has 0 heterocycles. The van der Waals surface area contributed by atoms with E-state index >= 15 is 0 Å². The number of allylic oxidation sites excluding steroid dienone is 1. The molecule has 0 N–H and O–H groups in total. The highest BCUT2D eigenvalue weighted by atomic mass is 16.5. The first-order chi connectivity index (χ1) is 3.81. The van der Waals surface area contributed by atoms with Crippen molar-refractivity contribution in [2.45, 2.75) is 6.42 Å².